The summed E-state index contributed by atoms with van der Waals surface area (Å²) in [4.78, 5) is 60.8. The highest BCUT2D eigenvalue weighted by Crippen LogP contribution is 2.26. The molecule has 1 aromatic carbocycles. The third kappa shape index (κ3) is 7.34. The van der Waals surface area contributed by atoms with Crippen molar-refractivity contribution >= 4 is 40.2 Å². The zero-order chi connectivity index (χ0) is 35.1. The number of ether oxygens (including phenoxy) is 2. The van der Waals surface area contributed by atoms with Crippen LogP contribution in [0.15, 0.2) is 51.7 Å². The van der Waals surface area contributed by atoms with Crippen molar-refractivity contribution in [1.29, 1.82) is 0 Å². The summed E-state index contributed by atoms with van der Waals surface area (Å²) in [7, 11) is 1.61. The maximum absolute atomic E-state index is 14.4. The summed E-state index contributed by atoms with van der Waals surface area (Å²) in [6.45, 7) is 16.2. The average Bonchev–Trinajstić information content (AvgIpc) is 3.55. The Balaban J connectivity index is 1.58. The molecule has 5 rings (SSSR count). The Hall–Kier alpha value is -4.81. The lowest BCUT2D eigenvalue weighted by molar-refractivity contribution is 0.0497. The maximum Gasteiger partial charge on any atom is 0.419 e. The van der Waals surface area contributed by atoms with Gasteiger partial charge in [0.15, 0.2) is 11.2 Å². The largest absolute Gasteiger partial charge is 0.444 e. The molecule has 4 heterocycles. The van der Waals surface area contributed by atoms with E-state index < -0.39 is 34.6 Å². The molecule has 1 saturated heterocycles. The molecule has 0 bridgehead atoms. The highest BCUT2D eigenvalue weighted by molar-refractivity contribution is 5.92. The van der Waals surface area contributed by atoms with Crippen LogP contribution in [0.3, 0.4) is 0 Å². The minimum absolute atomic E-state index is 0.0630. The summed E-state index contributed by atoms with van der Waals surface area (Å²) in [5, 5.41) is 3.71. The second-order valence-corrected chi connectivity index (χ2v) is 14.7. The summed E-state index contributed by atoms with van der Waals surface area (Å²) >= 11 is 0. The molecule has 1 N–H and O–H groups in total. The lowest BCUT2D eigenvalue weighted by atomic mass is 10.1. The zero-order valence-corrected chi connectivity index (χ0v) is 29.4. The van der Waals surface area contributed by atoms with Crippen LogP contribution in [0.25, 0.3) is 22.1 Å². The number of aryl methyl sites for hydroxylation is 1. The van der Waals surface area contributed by atoms with Gasteiger partial charge in [-0.1, -0.05) is 29.8 Å². The summed E-state index contributed by atoms with van der Waals surface area (Å²) in [6.07, 6.45) is 4.17. The van der Waals surface area contributed by atoms with E-state index in [0.29, 0.717) is 42.2 Å². The monoisotopic (exact) mass is 661 g/mol. The molecule has 1 aliphatic rings. The first kappa shape index (κ1) is 34.5. The third-order valence-corrected chi connectivity index (χ3v) is 8.03. The lowest BCUT2D eigenvalue weighted by Crippen LogP contribution is -2.49. The van der Waals surface area contributed by atoms with Crippen molar-refractivity contribution in [3.63, 3.8) is 0 Å². The van der Waals surface area contributed by atoms with Gasteiger partial charge in [0.25, 0.3) is 5.56 Å². The van der Waals surface area contributed by atoms with Crippen LogP contribution in [0.1, 0.15) is 73.8 Å². The molecule has 1 amide bonds. The number of carbonyl (C=O) groups excluding carboxylic acids is 2. The molecule has 13 nitrogen and oxygen atoms in total. The van der Waals surface area contributed by atoms with Crippen molar-refractivity contribution < 1.29 is 19.1 Å². The fourth-order valence-corrected chi connectivity index (χ4v) is 5.95. The summed E-state index contributed by atoms with van der Waals surface area (Å²) in [5.41, 5.74) is 0.534. The van der Waals surface area contributed by atoms with Crippen LogP contribution >= 0.6 is 0 Å². The predicted molar refractivity (Wildman–Crippen MR) is 186 cm³/mol. The Morgan fingerprint density at radius 2 is 1.71 bits per heavy atom. The lowest BCUT2D eigenvalue weighted by Gasteiger charge is -2.34. The fourth-order valence-electron chi connectivity index (χ4n) is 5.95. The Morgan fingerprint density at radius 3 is 2.38 bits per heavy atom. The minimum atomic E-state index is -0.706. The number of rotatable bonds is 6. The van der Waals surface area contributed by atoms with Gasteiger partial charge in [0, 0.05) is 44.3 Å². The van der Waals surface area contributed by atoms with Crippen LogP contribution in [0.5, 0.6) is 0 Å². The number of hydrogen-bond acceptors (Lipinski definition) is 8. The fraction of sp³-hybridized carbons (Fsp3) is 0.514. The number of anilines is 1. The minimum Gasteiger partial charge on any atom is -0.444 e. The van der Waals surface area contributed by atoms with Crippen LogP contribution < -0.4 is 21.5 Å². The highest BCUT2D eigenvalue weighted by atomic mass is 16.6. The predicted octanol–water partition coefficient (Wildman–Crippen LogP) is 5.14. The molecule has 4 aromatic rings. The molecule has 0 spiro atoms. The number of fused-ring (bicyclic) bond motifs is 2. The highest BCUT2D eigenvalue weighted by Gasteiger charge is 2.29. The number of para-hydroxylation sites is 1. The second kappa shape index (κ2) is 13.0. The van der Waals surface area contributed by atoms with Crippen molar-refractivity contribution in [3.05, 3.63) is 68.5 Å². The Bertz CT molecular complexity index is 2010. The topological polar surface area (TPSA) is 135 Å². The number of aromatic nitrogens is 5. The van der Waals surface area contributed by atoms with Gasteiger partial charge >= 0.3 is 17.9 Å². The van der Waals surface area contributed by atoms with E-state index in [9.17, 15) is 19.2 Å². The van der Waals surface area contributed by atoms with Crippen LogP contribution in [0.4, 0.5) is 15.5 Å². The van der Waals surface area contributed by atoms with Gasteiger partial charge in [-0.05, 0) is 79.9 Å². The molecule has 13 heteroatoms. The standard InChI is InChI=1S/C35H47N7O6/c1-22(2)16-18-40-27-28(37-30(40)39-17-12-13-24(21-39)36-31(44)47-34(3,4)5)38(9)32(45)42(29(27)43)20-23-19-41(33(46)48-35(6,7)8)26-15-11-10-14-25(23)26/h10-11,14-16,19,24H,12-13,17-18,20-21H2,1-9H3,(H,36,44). The molecule has 1 aliphatic heterocycles. The first-order valence-corrected chi connectivity index (χ1v) is 16.3. The number of amides is 1. The van der Waals surface area contributed by atoms with E-state index in [2.05, 4.69) is 5.32 Å². The summed E-state index contributed by atoms with van der Waals surface area (Å²) in [6, 6.07) is 7.14. The van der Waals surface area contributed by atoms with Crippen LogP contribution in [0.2, 0.25) is 0 Å². The molecule has 0 saturated carbocycles. The quantitative estimate of drug-likeness (QED) is 0.281. The molecular formula is C35H47N7O6. The number of allylic oxidation sites excluding steroid dienone is 2. The van der Waals surface area contributed by atoms with Crippen molar-refractivity contribution in [2.24, 2.45) is 7.05 Å². The van der Waals surface area contributed by atoms with Gasteiger partial charge in [0.2, 0.25) is 5.95 Å². The number of hydrogen-bond donors (Lipinski definition) is 1. The van der Waals surface area contributed by atoms with Gasteiger partial charge in [-0.25, -0.2) is 14.4 Å². The first-order chi connectivity index (χ1) is 22.4. The maximum atomic E-state index is 14.4. The number of carbonyl (C=O) groups is 2. The van der Waals surface area contributed by atoms with Crippen LogP contribution in [-0.2, 0) is 29.6 Å². The summed E-state index contributed by atoms with van der Waals surface area (Å²) in [5.74, 6) is 0.546. The van der Waals surface area contributed by atoms with Gasteiger partial charge in [-0.3, -0.25) is 18.5 Å². The molecule has 3 aromatic heterocycles. The number of nitrogens with zero attached hydrogens (tertiary/aromatic N) is 6. The van der Waals surface area contributed by atoms with E-state index in [1.54, 1.807) is 40.1 Å². The number of piperidine rings is 1. The molecule has 258 valence electrons. The molecule has 0 aliphatic carbocycles. The molecule has 1 atom stereocenters. The van der Waals surface area contributed by atoms with Crippen molar-refractivity contribution in [2.45, 2.75) is 98.6 Å². The normalized spacial score (nSPS) is 15.5. The molecular weight excluding hydrogens is 614 g/mol. The molecule has 1 fully saturated rings. The number of imidazole rings is 1. The van der Waals surface area contributed by atoms with Crippen molar-refractivity contribution in [3.8, 4) is 0 Å². The Kier molecular flexibility index (Phi) is 9.35. The average molecular weight is 662 g/mol. The van der Waals surface area contributed by atoms with E-state index in [4.69, 9.17) is 14.5 Å². The molecule has 48 heavy (non-hydrogen) atoms. The summed E-state index contributed by atoms with van der Waals surface area (Å²) < 4.78 is 17.0. The van der Waals surface area contributed by atoms with Gasteiger partial charge in [-0.15, -0.1) is 0 Å². The number of nitrogens with one attached hydrogen (secondary N) is 1. The van der Waals surface area contributed by atoms with Crippen molar-refractivity contribution in [1.82, 2.24) is 28.6 Å². The molecule has 1 unspecified atom stereocenters. The van der Waals surface area contributed by atoms with E-state index in [1.165, 1.54) is 13.7 Å². The first-order valence-electron chi connectivity index (χ1n) is 16.3. The SMILES string of the molecule is CC(C)=CCn1c(N2CCCC(NC(=O)OC(C)(C)C)C2)nc2c1c(=O)n(Cc1cn(C(=O)OC(C)(C)C)c3ccccc13)c(=O)n2C. The van der Waals surface area contributed by atoms with Gasteiger partial charge < -0.3 is 24.3 Å². The smallest absolute Gasteiger partial charge is 0.419 e. The Labute approximate surface area is 279 Å². The van der Waals surface area contributed by atoms with Gasteiger partial charge in [0.05, 0.1) is 12.1 Å². The van der Waals surface area contributed by atoms with Crippen LogP contribution in [-0.4, -0.2) is 65.8 Å². The zero-order valence-electron chi connectivity index (χ0n) is 29.4. The van der Waals surface area contributed by atoms with E-state index in [-0.39, 0.29) is 18.2 Å². The van der Waals surface area contributed by atoms with Crippen molar-refractivity contribution in [2.75, 3.05) is 18.0 Å². The van der Waals surface area contributed by atoms with Gasteiger partial charge in [-0.2, -0.15) is 4.98 Å². The number of alkyl carbamates (subject to hydrolysis) is 1. The van der Waals surface area contributed by atoms with E-state index in [0.717, 1.165) is 23.8 Å². The van der Waals surface area contributed by atoms with Gasteiger partial charge in [0.1, 0.15) is 11.2 Å². The molecule has 0 radical (unpaired) electrons. The Morgan fingerprint density at radius 1 is 1.02 bits per heavy atom. The third-order valence-electron chi connectivity index (χ3n) is 8.03. The van der Waals surface area contributed by atoms with Crippen LogP contribution in [0, 0.1) is 0 Å². The van der Waals surface area contributed by atoms with E-state index >= 15 is 0 Å². The van der Waals surface area contributed by atoms with E-state index in [1.807, 2.05) is 68.4 Å². The second-order valence-electron chi connectivity index (χ2n) is 14.7. The number of benzene rings is 1.